The minimum atomic E-state index is -4.77. The van der Waals surface area contributed by atoms with Crippen LogP contribution in [0.2, 0.25) is 0 Å². The topological polar surface area (TPSA) is 41.5 Å². The quantitative estimate of drug-likeness (QED) is 0.196. The van der Waals surface area contributed by atoms with Crippen molar-refractivity contribution in [2.24, 2.45) is 0 Å². The van der Waals surface area contributed by atoms with Crippen LogP contribution in [-0.2, 0) is 18.8 Å². The SMILES string of the molecule is CCc1cccc(Oc2cccc(C(NC(CO)c3ccc(C(F)(F)F)cc3)c3ccc(C(F)(F)F)cc3F)c2)c1. The van der Waals surface area contributed by atoms with Gasteiger partial charge in [0.15, 0.2) is 0 Å². The molecule has 0 saturated carbocycles. The van der Waals surface area contributed by atoms with Crippen molar-refractivity contribution in [2.45, 2.75) is 37.8 Å². The number of aryl methyl sites for hydroxylation is 1. The predicted molar refractivity (Wildman–Crippen MR) is 140 cm³/mol. The number of halogens is 7. The Morgan fingerprint density at radius 3 is 1.93 bits per heavy atom. The van der Waals surface area contributed by atoms with Crippen molar-refractivity contribution in [3.8, 4) is 11.5 Å². The lowest BCUT2D eigenvalue weighted by Gasteiger charge is -2.27. The summed E-state index contributed by atoms with van der Waals surface area (Å²) in [5.74, 6) is -0.238. The Morgan fingerprint density at radius 1 is 0.732 bits per heavy atom. The van der Waals surface area contributed by atoms with E-state index in [1.54, 1.807) is 30.3 Å². The van der Waals surface area contributed by atoms with Crippen LogP contribution in [-0.4, -0.2) is 11.7 Å². The van der Waals surface area contributed by atoms with Crippen molar-refractivity contribution in [1.29, 1.82) is 0 Å². The van der Waals surface area contributed by atoms with Crippen molar-refractivity contribution in [1.82, 2.24) is 5.32 Å². The average molecular weight is 578 g/mol. The molecule has 3 nitrogen and oxygen atoms in total. The number of aliphatic hydroxyl groups excluding tert-OH is 1. The summed E-state index contributed by atoms with van der Waals surface area (Å²) in [6, 6.07) is 17.9. The summed E-state index contributed by atoms with van der Waals surface area (Å²) in [5, 5.41) is 13.1. The number of ether oxygens (including phenoxy) is 1. The van der Waals surface area contributed by atoms with Gasteiger partial charge in [-0.25, -0.2) is 4.39 Å². The van der Waals surface area contributed by atoms with Gasteiger partial charge in [0, 0.05) is 5.56 Å². The second kappa shape index (κ2) is 12.3. The molecular formula is C31H26F7NO2. The van der Waals surface area contributed by atoms with Crippen LogP contribution in [0.4, 0.5) is 30.7 Å². The molecular weight excluding hydrogens is 551 g/mol. The largest absolute Gasteiger partial charge is 0.457 e. The molecule has 2 atom stereocenters. The smallest absolute Gasteiger partial charge is 0.416 e. The van der Waals surface area contributed by atoms with Crippen LogP contribution in [0.1, 0.15) is 52.4 Å². The molecule has 0 amide bonds. The van der Waals surface area contributed by atoms with Crippen molar-refractivity contribution in [2.75, 3.05) is 6.61 Å². The van der Waals surface area contributed by atoms with E-state index in [1.807, 2.05) is 25.1 Å². The van der Waals surface area contributed by atoms with Gasteiger partial charge in [0.1, 0.15) is 17.3 Å². The molecule has 0 spiro atoms. The minimum absolute atomic E-state index is 0.159. The minimum Gasteiger partial charge on any atom is -0.457 e. The fraction of sp³-hybridized carbons (Fsp3) is 0.226. The average Bonchev–Trinajstić information content (AvgIpc) is 2.93. The van der Waals surface area contributed by atoms with Crippen LogP contribution in [0.5, 0.6) is 11.5 Å². The van der Waals surface area contributed by atoms with Gasteiger partial charge in [-0.3, -0.25) is 5.32 Å². The number of nitrogens with one attached hydrogen (secondary N) is 1. The number of hydrogen-bond donors (Lipinski definition) is 2. The number of aliphatic hydroxyl groups is 1. The predicted octanol–water partition coefficient (Wildman–Crippen LogP) is 8.63. The first-order chi connectivity index (χ1) is 19.4. The van der Waals surface area contributed by atoms with E-state index in [2.05, 4.69) is 5.32 Å². The molecule has 4 rings (SSSR count). The van der Waals surface area contributed by atoms with Crippen LogP contribution in [0, 0.1) is 5.82 Å². The summed E-state index contributed by atoms with van der Waals surface area (Å²) in [5.41, 5.74) is -0.535. The molecule has 10 heteroatoms. The van der Waals surface area contributed by atoms with E-state index in [1.165, 1.54) is 12.1 Å². The molecule has 2 N–H and O–H groups in total. The molecule has 216 valence electrons. The first-order valence-corrected chi connectivity index (χ1v) is 12.7. The van der Waals surface area contributed by atoms with E-state index < -0.39 is 48.0 Å². The summed E-state index contributed by atoms with van der Waals surface area (Å²) in [4.78, 5) is 0. The Kier molecular flexibility index (Phi) is 9.04. The zero-order chi connectivity index (χ0) is 29.8. The Morgan fingerprint density at radius 2 is 1.34 bits per heavy atom. The van der Waals surface area contributed by atoms with Crippen LogP contribution in [0.25, 0.3) is 0 Å². The highest BCUT2D eigenvalue weighted by molar-refractivity contribution is 5.41. The third kappa shape index (κ3) is 7.45. The van der Waals surface area contributed by atoms with Gasteiger partial charge >= 0.3 is 12.4 Å². The Hall–Kier alpha value is -3.89. The fourth-order valence-corrected chi connectivity index (χ4v) is 4.39. The van der Waals surface area contributed by atoms with Gasteiger partial charge in [-0.15, -0.1) is 0 Å². The maximum atomic E-state index is 15.2. The fourth-order valence-electron chi connectivity index (χ4n) is 4.39. The Labute approximate surface area is 232 Å². The molecule has 0 fully saturated rings. The molecule has 2 unspecified atom stereocenters. The lowest BCUT2D eigenvalue weighted by atomic mass is 9.94. The number of rotatable bonds is 9. The van der Waals surface area contributed by atoms with E-state index in [0.29, 0.717) is 23.1 Å². The summed E-state index contributed by atoms with van der Waals surface area (Å²) in [7, 11) is 0. The third-order valence-electron chi connectivity index (χ3n) is 6.56. The molecule has 0 radical (unpaired) electrons. The molecule has 0 heterocycles. The van der Waals surface area contributed by atoms with Gasteiger partial charge in [0.2, 0.25) is 0 Å². The lowest BCUT2D eigenvalue weighted by molar-refractivity contribution is -0.138. The maximum absolute atomic E-state index is 15.2. The highest BCUT2D eigenvalue weighted by atomic mass is 19.4. The first-order valence-electron chi connectivity index (χ1n) is 12.7. The second-order valence-corrected chi connectivity index (χ2v) is 9.36. The van der Waals surface area contributed by atoms with Crippen molar-refractivity contribution < 1.29 is 40.6 Å². The number of alkyl halides is 6. The number of benzene rings is 4. The number of hydrogen-bond acceptors (Lipinski definition) is 3. The van der Waals surface area contributed by atoms with Crippen LogP contribution in [0.15, 0.2) is 91.0 Å². The molecule has 0 aliphatic heterocycles. The molecule has 0 aliphatic carbocycles. The van der Waals surface area contributed by atoms with Crippen LogP contribution < -0.4 is 10.1 Å². The zero-order valence-electron chi connectivity index (χ0n) is 21.7. The summed E-state index contributed by atoms with van der Waals surface area (Å²) >= 11 is 0. The van der Waals surface area contributed by atoms with Crippen molar-refractivity contribution >= 4 is 0 Å². The Bertz CT molecular complexity index is 1470. The molecule has 0 saturated heterocycles. The van der Waals surface area contributed by atoms with Gasteiger partial charge in [-0.05, 0) is 71.6 Å². The van der Waals surface area contributed by atoms with E-state index in [-0.39, 0.29) is 11.1 Å². The standard InChI is InChI=1S/C31H26F7NO2/c1-2-19-5-3-7-24(15-19)41-25-8-4-6-21(16-25)29(26-14-13-23(17-27(26)32)31(36,37)38)39-28(18-40)20-9-11-22(12-10-20)30(33,34)35/h3-17,28-29,39-40H,2,18H2,1H3. The molecule has 0 bridgehead atoms. The zero-order valence-corrected chi connectivity index (χ0v) is 21.7. The summed E-state index contributed by atoms with van der Waals surface area (Å²) in [6.07, 6.45) is -8.55. The highest BCUT2D eigenvalue weighted by Gasteiger charge is 2.33. The molecule has 0 aliphatic rings. The van der Waals surface area contributed by atoms with Crippen LogP contribution in [0.3, 0.4) is 0 Å². The highest BCUT2D eigenvalue weighted by Crippen LogP contribution is 2.36. The van der Waals surface area contributed by atoms with E-state index in [4.69, 9.17) is 4.74 Å². The Balaban J connectivity index is 1.73. The first kappa shape index (κ1) is 30.1. The van der Waals surface area contributed by atoms with Gasteiger partial charge in [-0.1, -0.05) is 49.4 Å². The van der Waals surface area contributed by atoms with Crippen molar-refractivity contribution in [3.05, 3.63) is 130 Å². The normalized spacial score (nSPS) is 13.6. The van der Waals surface area contributed by atoms with Crippen LogP contribution >= 0.6 is 0 Å². The van der Waals surface area contributed by atoms with Crippen molar-refractivity contribution in [3.63, 3.8) is 0 Å². The van der Waals surface area contributed by atoms with Gasteiger partial charge in [0.25, 0.3) is 0 Å². The van der Waals surface area contributed by atoms with E-state index in [9.17, 15) is 31.4 Å². The van der Waals surface area contributed by atoms with Gasteiger partial charge in [-0.2, -0.15) is 26.3 Å². The van der Waals surface area contributed by atoms with Gasteiger partial charge < -0.3 is 9.84 Å². The molecule has 0 aromatic heterocycles. The third-order valence-corrected chi connectivity index (χ3v) is 6.56. The summed E-state index contributed by atoms with van der Waals surface area (Å²) in [6.45, 7) is 1.40. The second-order valence-electron chi connectivity index (χ2n) is 9.36. The molecule has 4 aromatic carbocycles. The van der Waals surface area contributed by atoms with E-state index >= 15 is 4.39 Å². The maximum Gasteiger partial charge on any atom is 0.416 e. The monoisotopic (exact) mass is 577 g/mol. The lowest BCUT2D eigenvalue weighted by Crippen LogP contribution is -2.30. The molecule has 4 aromatic rings. The molecule has 41 heavy (non-hydrogen) atoms. The van der Waals surface area contributed by atoms with E-state index in [0.717, 1.165) is 36.2 Å². The summed E-state index contributed by atoms with van der Waals surface area (Å²) < 4.78 is 100. The van der Waals surface area contributed by atoms with Gasteiger partial charge in [0.05, 0.1) is 29.8 Å².